The second-order valence-electron chi connectivity index (χ2n) is 3.98. The van der Waals surface area contributed by atoms with Crippen LogP contribution < -0.4 is 10.6 Å². The summed E-state index contributed by atoms with van der Waals surface area (Å²) in [5, 5.41) is 12.3. The van der Waals surface area contributed by atoms with Gasteiger partial charge in [0.05, 0.1) is 5.56 Å². The van der Waals surface area contributed by atoms with Gasteiger partial charge < -0.3 is 10.6 Å². The van der Waals surface area contributed by atoms with E-state index in [1.54, 1.807) is 31.3 Å². The summed E-state index contributed by atoms with van der Waals surface area (Å²) in [6.45, 7) is 0. The normalized spacial score (nSPS) is 10.0. The van der Waals surface area contributed by atoms with Crippen LogP contribution in [0.25, 0.3) is 0 Å². The Morgan fingerprint density at radius 1 is 1.05 bits per heavy atom. The highest BCUT2D eigenvalue weighted by molar-refractivity contribution is 6.34. The Hall–Kier alpha value is -2.18. The standard InChI is InChI=1S/C13H10Cl2N4O2/c1-16-12(20)7-2-4-8(5-3-7)17-13(21)9-6-10(14)18-19-11(9)15/h2-6H,1H3,(H,16,20)(H,17,21). The number of halogens is 2. The molecule has 0 radical (unpaired) electrons. The molecule has 1 heterocycles. The van der Waals surface area contributed by atoms with Crippen molar-refractivity contribution >= 4 is 40.7 Å². The lowest BCUT2D eigenvalue weighted by molar-refractivity contribution is 0.0962. The fourth-order valence-corrected chi connectivity index (χ4v) is 1.89. The third-order valence-electron chi connectivity index (χ3n) is 2.60. The van der Waals surface area contributed by atoms with Crippen molar-refractivity contribution in [2.45, 2.75) is 0 Å². The van der Waals surface area contributed by atoms with Gasteiger partial charge in [0.15, 0.2) is 10.3 Å². The zero-order chi connectivity index (χ0) is 15.4. The number of benzene rings is 1. The molecule has 21 heavy (non-hydrogen) atoms. The van der Waals surface area contributed by atoms with E-state index in [-0.39, 0.29) is 21.8 Å². The molecule has 0 aliphatic heterocycles. The molecule has 0 bridgehead atoms. The molecule has 2 rings (SSSR count). The van der Waals surface area contributed by atoms with Crippen molar-refractivity contribution in [2.24, 2.45) is 0 Å². The number of hydrogen-bond donors (Lipinski definition) is 2. The van der Waals surface area contributed by atoms with Gasteiger partial charge in [-0.1, -0.05) is 23.2 Å². The molecular weight excluding hydrogens is 315 g/mol. The fourth-order valence-electron chi connectivity index (χ4n) is 1.56. The lowest BCUT2D eigenvalue weighted by Gasteiger charge is -2.07. The number of anilines is 1. The van der Waals surface area contributed by atoms with Crippen LogP contribution in [-0.2, 0) is 0 Å². The van der Waals surface area contributed by atoms with Crippen LogP contribution in [0.3, 0.4) is 0 Å². The molecule has 0 saturated carbocycles. The van der Waals surface area contributed by atoms with Crippen LogP contribution in [0.1, 0.15) is 20.7 Å². The number of carbonyl (C=O) groups excluding carboxylic acids is 2. The number of aromatic nitrogens is 2. The van der Waals surface area contributed by atoms with E-state index in [0.717, 1.165) is 0 Å². The highest BCUT2D eigenvalue weighted by Crippen LogP contribution is 2.18. The molecule has 0 fully saturated rings. The molecule has 0 unspecified atom stereocenters. The Kier molecular flexibility index (Phi) is 4.72. The fraction of sp³-hybridized carbons (Fsp3) is 0.0769. The van der Waals surface area contributed by atoms with E-state index >= 15 is 0 Å². The number of carbonyl (C=O) groups is 2. The van der Waals surface area contributed by atoms with E-state index < -0.39 is 5.91 Å². The molecule has 8 heteroatoms. The Morgan fingerprint density at radius 3 is 2.33 bits per heavy atom. The highest BCUT2D eigenvalue weighted by atomic mass is 35.5. The largest absolute Gasteiger partial charge is 0.355 e. The summed E-state index contributed by atoms with van der Waals surface area (Å²) in [5.74, 6) is -0.675. The quantitative estimate of drug-likeness (QED) is 0.907. The predicted molar refractivity (Wildman–Crippen MR) is 79.8 cm³/mol. The van der Waals surface area contributed by atoms with Crippen LogP contribution in [-0.4, -0.2) is 29.1 Å². The molecule has 6 nitrogen and oxygen atoms in total. The van der Waals surface area contributed by atoms with Crippen molar-refractivity contribution < 1.29 is 9.59 Å². The van der Waals surface area contributed by atoms with Gasteiger partial charge in [0.1, 0.15) is 0 Å². The van der Waals surface area contributed by atoms with E-state index in [1.165, 1.54) is 6.07 Å². The average Bonchev–Trinajstić information content (AvgIpc) is 2.49. The van der Waals surface area contributed by atoms with E-state index in [4.69, 9.17) is 23.2 Å². The van der Waals surface area contributed by atoms with Crippen molar-refractivity contribution in [1.82, 2.24) is 15.5 Å². The van der Waals surface area contributed by atoms with Gasteiger partial charge in [-0.2, -0.15) is 0 Å². The predicted octanol–water partition coefficient (Wildman–Crippen LogP) is 2.40. The Morgan fingerprint density at radius 2 is 1.71 bits per heavy atom. The number of nitrogens with zero attached hydrogens (tertiary/aromatic N) is 2. The molecule has 0 aliphatic rings. The second-order valence-corrected chi connectivity index (χ2v) is 4.73. The smallest absolute Gasteiger partial charge is 0.258 e. The summed E-state index contributed by atoms with van der Waals surface area (Å²) >= 11 is 11.5. The SMILES string of the molecule is CNC(=O)c1ccc(NC(=O)c2cc(Cl)nnc2Cl)cc1. The van der Waals surface area contributed by atoms with Gasteiger partial charge in [0, 0.05) is 18.3 Å². The number of rotatable bonds is 3. The first kappa shape index (κ1) is 15.2. The molecule has 2 aromatic rings. The van der Waals surface area contributed by atoms with Gasteiger partial charge in [-0.05, 0) is 30.3 Å². The lowest BCUT2D eigenvalue weighted by atomic mass is 10.2. The molecule has 108 valence electrons. The number of nitrogens with one attached hydrogen (secondary N) is 2. The van der Waals surface area contributed by atoms with Gasteiger partial charge in [-0.15, -0.1) is 10.2 Å². The third-order valence-corrected chi connectivity index (χ3v) is 3.06. The minimum atomic E-state index is -0.468. The molecule has 1 aromatic carbocycles. The molecule has 1 aromatic heterocycles. The summed E-state index contributed by atoms with van der Waals surface area (Å²) in [7, 11) is 1.54. The van der Waals surface area contributed by atoms with E-state index in [0.29, 0.717) is 11.3 Å². The van der Waals surface area contributed by atoms with Crippen molar-refractivity contribution in [1.29, 1.82) is 0 Å². The van der Waals surface area contributed by atoms with Gasteiger partial charge in [0.25, 0.3) is 11.8 Å². The maximum Gasteiger partial charge on any atom is 0.258 e. The van der Waals surface area contributed by atoms with Crippen LogP contribution in [0.5, 0.6) is 0 Å². The molecule has 2 N–H and O–H groups in total. The van der Waals surface area contributed by atoms with Gasteiger partial charge in [-0.3, -0.25) is 9.59 Å². The summed E-state index contributed by atoms with van der Waals surface area (Å²) < 4.78 is 0. The number of amides is 2. The van der Waals surface area contributed by atoms with Crippen LogP contribution in [0.4, 0.5) is 5.69 Å². The van der Waals surface area contributed by atoms with E-state index in [1.807, 2.05) is 0 Å². The first-order valence-corrected chi connectivity index (χ1v) is 6.59. The highest BCUT2D eigenvalue weighted by Gasteiger charge is 2.13. The maximum atomic E-state index is 12.1. The Balaban J connectivity index is 2.16. The first-order valence-electron chi connectivity index (χ1n) is 5.83. The van der Waals surface area contributed by atoms with Crippen molar-refractivity contribution in [3.8, 4) is 0 Å². The second kappa shape index (κ2) is 6.51. The molecule has 0 spiro atoms. The summed E-state index contributed by atoms with van der Waals surface area (Å²) in [6, 6.07) is 7.71. The molecule has 0 saturated heterocycles. The zero-order valence-electron chi connectivity index (χ0n) is 10.9. The summed E-state index contributed by atoms with van der Waals surface area (Å²) in [5.41, 5.74) is 1.12. The Labute approximate surface area is 130 Å². The first-order chi connectivity index (χ1) is 10.0. The zero-order valence-corrected chi connectivity index (χ0v) is 12.4. The van der Waals surface area contributed by atoms with Crippen LogP contribution >= 0.6 is 23.2 Å². The van der Waals surface area contributed by atoms with Crippen LogP contribution in [0.2, 0.25) is 10.3 Å². The maximum absolute atomic E-state index is 12.1. The molecular formula is C13H10Cl2N4O2. The third kappa shape index (κ3) is 3.68. The van der Waals surface area contributed by atoms with Gasteiger partial charge in [-0.25, -0.2) is 0 Å². The lowest BCUT2D eigenvalue weighted by Crippen LogP contribution is -2.18. The minimum absolute atomic E-state index is 0.0427. The number of hydrogen-bond acceptors (Lipinski definition) is 4. The summed E-state index contributed by atoms with van der Waals surface area (Å²) in [4.78, 5) is 23.5. The topological polar surface area (TPSA) is 84.0 Å². The minimum Gasteiger partial charge on any atom is -0.355 e. The van der Waals surface area contributed by atoms with Crippen LogP contribution in [0, 0.1) is 0 Å². The van der Waals surface area contributed by atoms with Crippen molar-refractivity contribution in [3.05, 3.63) is 51.8 Å². The molecule has 0 aliphatic carbocycles. The van der Waals surface area contributed by atoms with E-state index in [9.17, 15) is 9.59 Å². The van der Waals surface area contributed by atoms with Crippen LogP contribution in [0.15, 0.2) is 30.3 Å². The van der Waals surface area contributed by atoms with Crippen molar-refractivity contribution in [3.63, 3.8) is 0 Å². The van der Waals surface area contributed by atoms with Gasteiger partial charge in [0.2, 0.25) is 0 Å². The molecule has 2 amide bonds. The van der Waals surface area contributed by atoms with E-state index in [2.05, 4.69) is 20.8 Å². The van der Waals surface area contributed by atoms with Crippen molar-refractivity contribution in [2.75, 3.05) is 12.4 Å². The average molecular weight is 325 g/mol. The monoisotopic (exact) mass is 324 g/mol. The summed E-state index contributed by atoms with van der Waals surface area (Å²) in [6.07, 6.45) is 0. The Bertz CT molecular complexity index is 689. The molecule has 0 atom stereocenters. The van der Waals surface area contributed by atoms with Gasteiger partial charge >= 0.3 is 0 Å².